The molecule has 2 N–H and O–H groups in total. The number of oxazole rings is 1. The third-order valence-corrected chi connectivity index (χ3v) is 5.75. The maximum atomic E-state index is 12.6. The van der Waals surface area contributed by atoms with Crippen LogP contribution in [0.15, 0.2) is 93.3 Å². The summed E-state index contributed by atoms with van der Waals surface area (Å²) >= 11 is 0. The largest absolute Gasteiger partial charge is 0.495 e. The van der Waals surface area contributed by atoms with E-state index in [1.165, 1.54) is 0 Å². The fourth-order valence-corrected chi connectivity index (χ4v) is 3.89. The number of urea groups is 1. The molecular weight excluding hydrogens is 454 g/mol. The van der Waals surface area contributed by atoms with Gasteiger partial charge in [0.05, 0.1) is 17.5 Å². The third kappa shape index (κ3) is 5.02. The molecule has 36 heavy (non-hydrogen) atoms. The quantitative estimate of drug-likeness (QED) is 0.291. The Bertz CT molecular complexity index is 1530. The minimum absolute atomic E-state index is 0.239. The monoisotopic (exact) mass is 479 g/mol. The Morgan fingerprint density at radius 1 is 0.944 bits per heavy atom. The lowest BCUT2D eigenvalue weighted by Gasteiger charge is -2.12. The van der Waals surface area contributed by atoms with Gasteiger partial charge in [-0.3, -0.25) is 0 Å². The molecule has 2 amide bonds. The summed E-state index contributed by atoms with van der Waals surface area (Å²) in [4.78, 5) is 17.2. The molecule has 0 saturated carbocycles. The van der Waals surface area contributed by atoms with Crippen molar-refractivity contribution in [3.8, 4) is 0 Å². The van der Waals surface area contributed by atoms with E-state index in [9.17, 15) is 4.79 Å². The van der Waals surface area contributed by atoms with Gasteiger partial charge in [-0.1, -0.05) is 30.3 Å². The van der Waals surface area contributed by atoms with E-state index >= 15 is 0 Å². The summed E-state index contributed by atoms with van der Waals surface area (Å²) in [6, 6.07) is 18.6. The van der Waals surface area contributed by atoms with Gasteiger partial charge in [0, 0.05) is 11.4 Å². The number of aromatic nitrogens is 1. The topological polar surface area (TPSA) is 101 Å². The van der Waals surface area contributed by atoms with E-state index in [4.69, 9.17) is 9.15 Å². The highest BCUT2D eigenvalue weighted by molar-refractivity contribution is 6.00. The molecule has 0 aliphatic carbocycles. The van der Waals surface area contributed by atoms with Gasteiger partial charge < -0.3 is 19.8 Å². The molecule has 0 saturated heterocycles. The first-order valence-corrected chi connectivity index (χ1v) is 11.5. The number of nitrogens with one attached hydrogen (secondary N) is 2. The van der Waals surface area contributed by atoms with Crippen molar-refractivity contribution in [3.63, 3.8) is 0 Å². The summed E-state index contributed by atoms with van der Waals surface area (Å²) in [6.45, 7) is 6.16. The molecule has 0 bridgehead atoms. The van der Waals surface area contributed by atoms with Crippen molar-refractivity contribution >= 4 is 39.8 Å². The fourth-order valence-electron chi connectivity index (χ4n) is 3.89. The summed E-state index contributed by atoms with van der Waals surface area (Å²) < 4.78 is 11.4. The van der Waals surface area contributed by atoms with Crippen LogP contribution in [-0.2, 0) is 4.74 Å². The highest BCUT2D eigenvalue weighted by Gasteiger charge is 2.17. The zero-order valence-corrected chi connectivity index (χ0v) is 20.2. The molecule has 4 aromatic rings. The minimum atomic E-state index is -0.330. The number of anilines is 2. The van der Waals surface area contributed by atoms with Crippen LogP contribution in [0, 0.1) is 20.8 Å². The molecule has 0 atom stereocenters. The van der Waals surface area contributed by atoms with E-state index in [-0.39, 0.29) is 12.6 Å². The summed E-state index contributed by atoms with van der Waals surface area (Å²) in [5, 5.41) is 14.5. The molecule has 0 radical (unpaired) electrons. The molecule has 180 valence electrons. The Balaban J connectivity index is 1.35. The zero-order chi connectivity index (χ0) is 25.1. The Morgan fingerprint density at radius 2 is 1.75 bits per heavy atom. The highest BCUT2D eigenvalue weighted by atomic mass is 16.5. The Labute approximate surface area is 208 Å². The van der Waals surface area contributed by atoms with Crippen molar-refractivity contribution in [3.05, 3.63) is 101 Å². The second-order valence-corrected chi connectivity index (χ2v) is 8.56. The van der Waals surface area contributed by atoms with Gasteiger partial charge in [-0.25, -0.2) is 9.78 Å². The van der Waals surface area contributed by atoms with Crippen LogP contribution in [0.5, 0.6) is 0 Å². The van der Waals surface area contributed by atoms with Gasteiger partial charge in [-0.05, 0) is 73.9 Å². The standard InChI is InChI=1S/C28H25N5O3/c1-17-10-11-23-25(14-17)36-27(30-23)22-12-13-35-16-24(22)33-32-21-9-5-8-20(15-21)29-28(34)31-26-18(2)6-4-7-19(26)3/h4-15H,16H2,1-3H3,(H2,29,31,34). The first-order chi connectivity index (χ1) is 17.5. The van der Waals surface area contributed by atoms with E-state index in [1.807, 2.05) is 57.2 Å². The van der Waals surface area contributed by atoms with Gasteiger partial charge in [0.2, 0.25) is 5.89 Å². The van der Waals surface area contributed by atoms with Crippen molar-refractivity contribution in [2.24, 2.45) is 10.2 Å². The van der Waals surface area contributed by atoms with Gasteiger partial charge >= 0.3 is 6.03 Å². The number of ether oxygens (including phenoxy) is 1. The number of rotatable bonds is 5. The van der Waals surface area contributed by atoms with E-state index in [1.54, 1.807) is 36.6 Å². The Morgan fingerprint density at radius 3 is 2.58 bits per heavy atom. The van der Waals surface area contributed by atoms with Gasteiger partial charge in [0.1, 0.15) is 17.8 Å². The molecule has 0 spiro atoms. The van der Waals surface area contributed by atoms with Gasteiger partial charge in [-0.15, -0.1) is 0 Å². The van der Waals surface area contributed by atoms with Crippen LogP contribution in [0.3, 0.4) is 0 Å². The molecule has 1 aromatic heterocycles. The number of benzene rings is 3. The SMILES string of the molecule is Cc1ccc2nc(C3=C(N=Nc4cccc(NC(=O)Nc5c(C)cccc5C)c4)COC=C3)oc2c1. The van der Waals surface area contributed by atoms with E-state index in [2.05, 4.69) is 25.8 Å². The number of allylic oxidation sites excluding steroid dienone is 2. The van der Waals surface area contributed by atoms with Crippen LogP contribution in [0.2, 0.25) is 0 Å². The van der Waals surface area contributed by atoms with E-state index in [0.717, 1.165) is 27.9 Å². The molecule has 0 fully saturated rings. The van der Waals surface area contributed by atoms with Crippen molar-refractivity contribution in [1.82, 2.24) is 4.98 Å². The fraction of sp³-hybridized carbons (Fsp3) is 0.143. The summed E-state index contributed by atoms with van der Waals surface area (Å²) in [5.41, 5.74) is 7.84. The first-order valence-electron chi connectivity index (χ1n) is 11.5. The maximum absolute atomic E-state index is 12.6. The summed E-state index contributed by atoms with van der Waals surface area (Å²) in [7, 11) is 0. The second kappa shape index (κ2) is 9.87. The Kier molecular flexibility index (Phi) is 6.32. The van der Waals surface area contributed by atoms with Crippen LogP contribution in [0.4, 0.5) is 21.9 Å². The predicted octanol–water partition coefficient (Wildman–Crippen LogP) is 7.44. The third-order valence-electron chi connectivity index (χ3n) is 5.75. The van der Waals surface area contributed by atoms with Crippen LogP contribution < -0.4 is 10.6 Å². The van der Waals surface area contributed by atoms with Crippen molar-refractivity contribution in [2.75, 3.05) is 17.2 Å². The number of carbonyl (C=O) groups excluding carboxylic acids is 1. The number of carbonyl (C=O) groups is 1. The van der Waals surface area contributed by atoms with Crippen LogP contribution >= 0.6 is 0 Å². The molecule has 0 unspecified atom stereocenters. The minimum Gasteiger partial charge on any atom is -0.495 e. The number of para-hydroxylation sites is 1. The van der Waals surface area contributed by atoms with Gasteiger partial charge in [0.15, 0.2) is 5.58 Å². The number of hydrogen-bond acceptors (Lipinski definition) is 6. The van der Waals surface area contributed by atoms with Gasteiger partial charge in [-0.2, -0.15) is 10.2 Å². The molecule has 8 heteroatoms. The van der Waals surface area contributed by atoms with E-state index in [0.29, 0.717) is 34.1 Å². The molecule has 1 aliphatic rings. The Hall–Kier alpha value is -4.72. The molecular formula is C28H25N5O3. The summed E-state index contributed by atoms with van der Waals surface area (Å²) in [5.74, 6) is 0.461. The van der Waals surface area contributed by atoms with E-state index < -0.39 is 0 Å². The lowest BCUT2D eigenvalue weighted by Crippen LogP contribution is -2.20. The normalized spacial score (nSPS) is 13.3. The van der Waals surface area contributed by atoms with Crippen molar-refractivity contribution < 1.29 is 13.9 Å². The predicted molar refractivity (Wildman–Crippen MR) is 140 cm³/mol. The van der Waals surface area contributed by atoms with Crippen molar-refractivity contribution in [1.29, 1.82) is 0 Å². The maximum Gasteiger partial charge on any atom is 0.323 e. The second-order valence-electron chi connectivity index (χ2n) is 8.56. The van der Waals surface area contributed by atoms with Gasteiger partial charge in [0.25, 0.3) is 0 Å². The molecule has 5 rings (SSSR count). The number of nitrogens with zero attached hydrogens (tertiary/aromatic N) is 3. The van der Waals surface area contributed by atoms with Crippen LogP contribution in [0.25, 0.3) is 16.7 Å². The molecule has 3 aromatic carbocycles. The number of fused-ring (bicyclic) bond motifs is 1. The zero-order valence-electron chi connectivity index (χ0n) is 20.2. The number of aryl methyl sites for hydroxylation is 3. The molecule has 8 nitrogen and oxygen atoms in total. The number of azo groups is 1. The van der Waals surface area contributed by atoms with Crippen LogP contribution in [0.1, 0.15) is 22.6 Å². The lowest BCUT2D eigenvalue weighted by molar-refractivity contribution is 0.262. The number of amides is 2. The first kappa shape index (κ1) is 23.0. The van der Waals surface area contributed by atoms with Crippen LogP contribution in [-0.4, -0.2) is 17.6 Å². The molecule has 1 aliphatic heterocycles. The smallest absolute Gasteiger partial charge is 0.323 e. The van der Waals surface area contributed by atoms with Crippen molar-refractivity contribution in [2.45, 2.75) is 20.8 Å². The number of hydrogen-bond donors (Lipinski definition) is 2. The average Bonchev–Trinajstić information content (AvgIpc) is 3.28. The lowest BCUT2D eigenvalue weighted by atomic mass is 10.1. The summed E-state index contributed by atoms with van der Waals surface area (Å²) in [6.07, 6.45) is 3.36. The highest BCUT2D eigenvalue weighted by Crippen LogP contribution is 2.29. The molecule has 2 heterocycles. The average molecular weight is 480 g/mol.